The number of aryl methyl sites for hydroxylation is 1. The van der Waals surface area contributed by atoms with E-state index in [1.54, 1.807) is 24.3 Å². The molecule has 8 nitrogen and oxygen atoms in total. The van der Waals surface area contributed by atoms with E-state index >= 15 is 0 Å². The number of rotatable bonds is 4. The predicted molar refractivity (Wildman–Crippen MR) is 110 cm³/mol. The molecule has 0 saturated heterocycles. The number of fused-ring (bicyclic) bond motifs is 1. The zero-order valence-corrected chi connectivity index (χ0v) is 16.9. The number of nitro benzene ring substituents is 1. The van der Waals surface area contributed by atoms with Gasteiger partial charge in [-0.15, -0.1) is 10.2 Å². The maximum absolute atomic E-state index is 10.9. The fraction of sp³-hybridized carbons (Fsp3) is 0.250. The van der Waals surface area contributed by atoms with Crippen LogP contribution in [0.15, 0.2) is 39.2 Å². The van der Waals surface area contributed by atoms with Gasteiger partial charge >= 0.3 is 0 Å². The molecule has 29 heavy (non-hydrogen) atoms. The number of hydrogen-bond donors (Lipinski definition) is 0. The molecule has 1 aromatic carbocycles. The van der Waals surface area contributed by atoms with Gasteiger partial charge in [-0.3, -0.25) is 10.1 Å². The molecule has 0 bridgehead atoms. The zero-order chi connectivity index (χ0) is 20.4. The Kier molecular flexibility index (Phi) is 5.27. The van der Waals surface area contributed by atoms with E-state index in [-0.39, 0.29) is 5.69 Å². The Labute approximate surface area is 174 Å². The minimum atomic E-state index is -0.453. The largest absolute Gasteiger partial charge is 0.457 e. The summed E-state index contributed by atoms with van der Waals surface area (Å²) in [5.74, 6) is 2.50. The van der Waals surface area contributed by atoms with Crippen LogP contribution in [-0.2, 0) is 13.0 Å². The highest BCUT2D eigenvalue weighted by Gasteiger charge is 2.18. The normalized spacial score (nSPS) is 14.1. The molecular weight excluding hydrogens is 438 g/mol. The van der Waals surface area contributed by atoms with E-state index in [1.165, 1.54) is 12.1 Å². The van der Waals surface area contributed by atoms with Gasteiger partial charge in [0.2, 0.25) is 0 Å². The first-order valence-electron chi connectivity index (χ1n) is 9.15. The maximum atomic E-state index is 10.9. The van der Waals surface area contributed by atoms with Crippen molar-refractivity contribution in [2.45, 2.75) is 32.2 Å². The number of allylic oxidation sites excluding steroid dienone is 1. The van der Waals surface area contributed by atoms with Crippen molar-refractivity contribution in [2.75, 3.05) is 0 Å². The third-order valence-corrected chi connectivity index (χ3v) is 5.47. The van der Waals surface area contributed by atoms with Gasteiger partial charge in [-0.25, -0.2) is 0 Å². The second kappa shape index (κ2) is 8.01. The van der Waals surface area contributed by atoms with E-state index in [0.717, 1.165) is 38.1 Å². The summed E-state index contributed by atoms with van der Waals surface area (Å²) in [6.07, 6.45) is 5.76. The molecule has 3 heterocycles. The number of benzene rings is 1. The Hall–Kier alpha value is -3.25. The van der Waals surface area contributed by atoms with Gasteiger partial charge in [-0.2, -0.15) is 5.26 Å². The number of nitriles is 1. The van der Waals surface area contributed by atoms with Crippen LogP contribution in [0.25, 0.3) is 23.0 Å². The lowest BCUT2D eigenvalue weighted by Crippen LogP contribution is -2.05. The number of halogens is 1. The molecule has 0 fully saturated rings. The van der Waals surface area contributed by atoms with Crippen molar-refractivity contribution in [1.29, 1.82) is 5.26 Å². The Bertz CT molecular complexity index is 1160. The second-order valence-corrected chi connectivity index (χ2v) is 7.55. The molecule has 146 valence electrons. The van der Waals surface area contributed by atoms with Crippen molar-refractivity contribution >= 4 is 33.3 Å². The molecule has 0 atom stereocenters. The fourth-order valence-electron chi connectivity index (χ4n) is 3.37. The smallest absolute Gasteiger partial charge is 0.270 e. The van der Waals surface area contributed by atoms with Crippen molar-refractivity contribution in [2.24, 2.45) is 0 Å². The molecule has 0 radical (unpaired) electrons. The van der Waals surface area contributed by atoms with Crippen molar-refractivity contribution < 1.29 is 9.34 Å². The van der Waals surface area contributed by atoms with Crippen LogP contribution in [0.3, 0.4) is 0 Å². The number of hydrogen-bond acceptors (Lipinski definition) is 6. The quantitative estimate of drug-likeness (QED) is 0.312. The number of aromatic nitrogens is 3. The maximum Gasteiger partial charge on any atom is 0.270 e. The average Bonchev–Trinajstić information content (AvgIpc) is 3.26. The fourth-order valence-corrected chi connectivity index (χ4v) is 3.93. The molecule has 4 rings (SSSR count). The molecule has 0 saturated carbocycles. The number of non-ortho nitro benzene ring substituents is 1. The third-order valence-electron chi connectivity index (χ3n) is 4.81. The number of furan rings is 1. The highest BCUT2D eigenvalue weighted by molar-refractivity contribution is 9.10. The lowest BCUT2D eigenvalue weighted by Gasteiger charge is -2.05. The first-order chi connectivity index (χ1) is 14.1. The highest BCUT2D eigenvalue weighted by Crippen LogP contribution is 2.33. The van der Waals surface area contributed by atoms with E-state index < -0.39 is 4.92 Å². The van der Waals surface area contributed by atoms with E-state index in [9.17, 15) is 15.4 Å². The predicted octanol–water partition coefficient (Wildman–Crippen LogP) is 5.00. The number of nitrogens with zero attached hydrogens (tertiary/aromatic N) is 5. The second-order valence-electron chi connectivity index (χ2n) is 6.70. The van der Waals surface area contributed by atoms with Crippen molar-refractivity contribution in [1.82, 2.24) is 14.8 Å². The Morgan fingerprint density at radius 3 is 2.90 bits per heavy atom. The van der Waals surface area contributed by atoms with Crippen LogP contribution < -0.4 is 0 Å². The van der Waals surface area contributed by atoms with Gasteiger partial charge in [0.1, 0.15) is 29.0 Å². The summed E-state index contributed by atoms with van der Waals surface area (Å²) in [6, 6.07) is 10.2. The lowest BCUT2D eigenvalue weighted by atomic mass is 10.1. The summed E-state index contributed by atoms with van der Waals surface area (Å²) in [6.45, 7) is 0.801. The van der Waals surface area contributed by atoms with Crippen molar-refractivity contribution in [3.05, 3.63) is 62.3 Å². The van der Waals surface area contributed by atoms with Crippen LogP contribution in [0.4, 0.5) is 5.69 Å². The highest BCUT2D eigenvalue weighted by atomic mass is 79.9. The van der Waals surface area contributed by atoms with Crippen LogP contribution in [-0.4, -0.2) is 19.7 Å². The average molecular weight is 454 g/mol. The molecule has 0 aliphatic carbocycles. The zero-order valence-electron chi connectivity index (χ0n) is 15.3. The molecule has 3 aromatic rings. The van der Waals surface area contributed by atoms with Gasteiger partial charge in [0.15, 0.2) is 5.82 Å². The monoisotopic (exact) mass is 453 g/mol. The summed E-state index contributed by atoms with van der Waals surface area (Å²) in [4.78, 5) is 10.5. The Balaban J connectivity index is 1.66. The molecule has 9 heteroatoms. The van der Waals surface area contributed by atoms with Crippen LogP contribution in [0.2, 0.25) is 0 Å². The van der Waals surface area contributed by atoms with Crippen molar-refractivity contribution in [3.63, 3.8) is 0 Å². The third kappa shape index (κ3) is 3.84. The minimum absolute atomic E-state index is 0.00781. The van der Waals surface area contributed by atoms with E-state index in [1.807, 2.05) is 4.57 Å². The van der Waals surface area contributed by atoms with Crippen LogP contribution in [0.5, 0.6) is 0 Å². The standard InChI is InChI=1S/C20H16BrN5O3/c21-17-11-14(26(27)28)5-7-16(17)18-8-6-15(29-18)10-13(12-22)20-24-23-19-4-2-1-3-9-25(19)20/h5-8,10-11H,1-4,9H2. The molecular formula is C20H16BrN5O3. The summed E-state index contributed by atoms with van der Waals surface area (Å²) in [7, 11) is 0. The minimum Gasteiger partial charge on any atom is -0.457 e. The van der Waals surface area contributed by atoms with E-state index in [2.05, 4.69) is 32.2 Å². The van der Waals surface area contributed by atoms with E-state index in [4.69, 9.17) is 4.42 Å². The molecule has 1 aliphatic heterocycles. The topological polar surface area (TPSA) is 111 Å². The summed E-state index contributed by atoms with van der Waals surface area (Å²) < 4.78 is 8.43. The van der Waals surface area contributed by atoms with E-state index in [0.29, 0.717) is 33.0 Å². The number of nitro groups is 1. The molecule has 2 aromatic heterocycles. The first-order valence-corrected chi connectivity index (χ1v) is 9.94. The van der Waals surface area contributed by atoms with Crippen LogP contribution >= 0.6 is 15.9 Å². The Morgan fingerprint density at radius 2 is 2.14 bits per heavy atom. The summed E-state index contributed by atoms with van der Waals surface area (Å²) in [5, 5.41) is 29.0. The summed E-state index contributed by atoms with van der Waals surface area (Å²) in [5.41, 5.74) is 1.06. The van der Waals surface area contributed by atoms with Crippen molar-refractivity contribution in [3.8, 4) is 17.4 Å². The molecule has 0 N–H and O–H groups in total. The summed E-state index contributed by atoms with van der Waals surface area (Å²) >= 11 is 3.35. The van der Waals surface area contributed by atoms with Gasteiger partial charge in [0.05, 0.1) is 4.92 Å². The van der Waals surface area contributed by atoms with Gasteiger partial charge in [-0.1, -0.05) is 6.42 Å². The SMILES string of the molecule is N#CC(=Cc1ccc(-c2ccc([N+](=O)[O-])cc2Br)o1)c1nnc2n1CCCCC2. The van der Waals surface area contributed by atoms with Crippen LogP contribution in [0.1, 0.15) is 36.7 Å². The Morgan fingerprint density at radius 1 is 1.28 bits per heavy atom. The van der Waals surface area contributed by atoms with Gasteiger partial charge in [-0.05, 0) is 47.0 Å². The van der Waals surface area contributed by atoms with Gasteiger partial charge in [0.25, 0.3) is 5.69 Å². The molecule has 0 spiro atoms. The van der Waals surface area contributed by atoms with Crippen LogP contribution in [0, 0.1) is 21.4 Å². The lowest BCUT2D eigenvalue weighted by molar-refractivity contribution is -0.384. The first kappa shape index (κ1) is 19.1. The van der Waals surface area contributed by atoms with Gasteiger partial charge < -0.3 is 8.98 Å². The molecule has 0 unspecified atom stereocenters. The van der Waals surface area contributed by atoms with Gasteiger partial charge in [0, 0.05) is 41.2 Å². The molecule has 1 aliphatic rings. The molecule has 0 amide bonds.